The molecule has 0 saturated heterocycles. The van der Waals surface area contributed by atoms with Crippen molar-refractivity contribution in [2.45, 2.75) is 71.6 Å². The average Bonchev–Trinajstić information content (AvgIpc) is 3.85. The zero-order valence-corrected chi connectivity index (χ0v) is 40.5. The van der Waals surface area contributed by atoms with Crippen molar-refractivity contribution in [2.24, 2.45) is 0 Å². The summed E-state index contributed by atoms with van der Waals surface area (Å²) in [5.74, 6) is 2.02. The topological polar surface area (TPSA) is 33.5 Å². The van der Waals surface area contributed by atoms with Gasteiger partial charge in [-0.2, -0.15) is 12.1 Å². The van der Waals surface area contributed by atoms with Crippen molar-refractivity contribution in [3.8, 4) is 28.4 Å². The molecule has 5 nitrogen and oxygen atoms in total. The predicted molar refractivity (Wildman–Crippen MR) is 266 cm³/mol. The third-order valence-electron chi connectivity index (χ3n) is 12.7. The molecule has 0 fully saturated rings. The average molecular weight is 1030 g/mol. The Hall–Kier alpha value is -6.42. The zero-order valence-electron chi connectivity index (χ0n) is 38.3. The van der Waals surface area contributed by atoms with Crippen LogP contribution in [0.15, 0.2) is 170 Å². The Morgan fingerprint density at radius 2 is 1.15 bits per heavy atom. The van der Waals surface area contributed by atoms with E-state index in [9.17, 15) is 0 Å². The maximum absolute atomic E-state index is 6.71. The van der Waals surface area contributed by atoms with E-state index in [1.54, 1.807) is 0 Å². The Morgan fingerprint density at radius 1 is 0.508 bits per heavy atom. The summed E-state index contributed by atoms with van der Waals surface area (Å²) in [5.41, 5.74) is 13.2. The molecule has 0 aliphatic carbocycles. The molecule has 0 bridgehead atoms. The molecule has 10 rings (SSSR count). The van der Waals surface area contributed by atoms with Crippen molar-refractivity contribution in [3.63, 3.8) is 0 Å². The Labute approximate surface area is 398 Å². The number of ether oxygens (including phenoxy) is 1. The molecule has 7 aromatic carbocycles. The van der Waals surface area contributed by atoms with Gasteiger partial charge >= 0.3 is 0 Å². The summed E-state index contributed by atoms with van der Waals surface area (Å²) in [5, 5.41) is 2.19. The fourth-order valence-electron chi connectivity index (χ4n) is 8.86. The molecule has 1 aliphatic rings. The molecule has 0 unspecified atom stereocenters. The molecular formula is C59H53N4OPt-3. The number of fused-ring (bicyclic) bond motifs is 4. The van der Waals surface area contributed by atoms with E-state index < -0.39 is 0 Å². The largest absolute Gasteiger partial charge is 0.509 e. The first kappa shape index (κ1) is 43.8. The fraction of sp³-hybridized carbons (Fsp3) is 0.186. The predicted octanol–water partition coefficient (Wildman–Crippen LogP) is 15.6. The molecule has 0 N–H and O–H groups in total. The van der Waals surface area contributed by atoms with E-state index in [0.717, 1.165) is 55.9 Å². The van der Waals surface area contributed by atoms with Gasteiger partial charge in [-0.3, -0.25) is 0 Å². The number of hydrogen-bond donors (Lipinski definition) is 0. The first-order chi connectivity index (χ1) is 30.7. The Morgan fingerprint density at radius 3 is 1.85 bits per heavy atom. The van der Waals surface area contributed by atoms with E-state index in [1.807, 2.05) is 24.4 Å². The summed E-state index contributed by atoms with van der Waals surface area (Å²) in [6.45, 7) is 20.4. The van der Waals surface area contributed by atoms with Gasteiger partial charge in [0, 0.05) is 66.8 Å². The van der Waals surface area contributed by atoms with Gasteiger partial charge in [0.2, 0.25) is 0 Å². The molecule has 0 saturated carbocycles. The van der Waals surface area contributed by atoms with E-state index in [0.29, 0.717) is 11.5 Å². The van der Waals surface area contributed by atoms with Crippen LogP contribution >= 0.6 is 0 Å². The summed E-state index contributed by atoms with van der Waals surface area (Å²) in [7, 11) is 0. The van der Waals surface area contributed by atoms with Crippen LogP contribution in [0.5, 0.6) is 11.5 Å². The number of anilines is 4. The molecule has 0 atom stereocenters. The van der Waals surface area contributed by atoms with E-state index >= 15 is 0 Å². The van der Waals surface area contributed by atoms with Crippen LogP contribution in [0.25, 0.3) is 38.8 Å². The smallest absolute Gasteiger partial charge is 0.135 e. The minimum absolute atomic E-state index is 0. The zero-order chi connectivity index (χ0) is 44.4. The molecule has 0 spiro atoms. The summed E-state index contributed by atoms with van der Waals surface area (Å²) in [6, 6.07) is 65.4. The van der Waals surface area contributed by atoms with E-state index in [-0.39, 0.29) is 37.3 Å². The fourth-order valence-corrected chi connectivity index (χ4v) is 8.86. The van der Waals surface area contributed by atoms with Gasteiger partial charge in [-0.1, -0.05) is 152 Å². The van der Waals surface area contributed by atoms with E-state index in [4.69, 9.17) is 9.72 Å². The standard InChI is InChI=1S/C59H53N4O.Pt/c1-57(2,3)44-33-45(58(4,5)6)35-47(34-44)62-39-61(53-24-15-16-25-54(53)62)46-22-17-23-48(37-46)64-49-27-28-50-51-32-41(40-18-11-9-12-19-40)26-29-52(51)63(55(50)38-49)56-36-43(30-31-60-56)59(7,8)42-20-13-10-14-21-42;/h9-36,39H,1-8H3;/q-3;. The molecule has 3 heterocycles. The number of para-hydroxylation sites is 2. The molecule has 1 aliphatic heterocycles. The van der Waals surface area contributed by atoms with Gasteiger partial charge in [-0.15, -0.1) is 48.1 Å². The molecule has 2 aromatic heterocycles. The molecule has 6 heteroatoms. The van der Waals surface area contributed by atoms with Gasteiger partial charge in [-0.25, -0.2) is 4.98 Å². The van der Waals surface area contributed by atoms with Crippen molar-refractivity contribution in [2.75, 3.05) is 9.80 Å². The molecular weight excluding hydrogens is 976 g/mol. The summed E-state index contributed by atoms with van der Waals surface area (Å²) in [4.78, 5) is 9.50. The Bertz CT molecular complexity index is 3140. The number of aromatic nitrogens is 2. The van der Waals surface area contributed by atoms with Crippen LogP contribution in [0.4, 0.5) is 22.7 Å². The van der Waals surface area contributed by atoms with Crippen molar-refractivity contribution in [3.05, 3.63) is 211 Å². The van der Waals surface area contributed by atoms with Gasteiger partial charge in [0.15, 0.2) is 0 Å². The summed E-state index contributed by atoms with van der Waals surface area (Å²) < 4.78 is 8.93. The maximum Gasteiger partial charge on any atom is 0.135 e. The first-order valence-electron chi connectivity index (χ1n) is 22.2. The minimum atomic E-state index is -0.243. The number of benzene rings is 7. The second kappa shape index (κ2) is 16.9. The third-order valence-corrected chi connectivity index (χ3v) is 12.7. The van der Waals surface area contributed by atoms with Gasteiger partial charge < -0.3 is 19.1 Å². The van der Waals surface area contributed by atoms with E-state index in [1.165, 1.54) is 27.8 Å². The SMILES string of the molecule is CC(C)(C)c1cc(N2[CH-]N(c3[c-]c(Oc4[c-]c5c(cc4)c4cc(-c6ccccc6)ccc4n5-c4cc(C(C)(C)c5ccccc5)ccn4)ccc3)c3ccccc32)cc(C(C)(C)C)c1.[Pt]. The third kappa shape index (κ3) is 8.28. The van der Waals surface area contributed by atoms with Crippen LogP contribution < -0.4 is 14.5 Å². The van der Waals surface area contributed by atoms with Crippen LogP contribution in [0.3, 0.4) is 0 Å². The van der Waals surface area contributed by atoms with Gasteiger partial charge in [0.1, 0.15) is 5.82 Å². The van der Waals surface area contributed by atoms with Gasteiger partial charge in [0.05, 0.1) is 0 Å². The number of hydrogen-bond acceptors (Lipinski definition) is 4. The van der Waals surface area contributed by atoms with Crippen molar-refractivity contribution in [1.82, 2.24) is 9.55 Å². The van der Waals surface area contributed by atoms with Gasteiger partial charge in [0.25, 0.3) is 0 Å². The van der Waals surface area contributed by atoms with Crippen LogP contribution in [-0.2, 0) is 37.3 Å². The number of rotatable bonds is 8. The van der Waals surface area contributed by atoms with Crippen LogP contribution in [0, 0.1) is 18.8 Å². The van der Waals surface area contributed by atoms with Gasteiger partial charge in [-0.05, 0) is 92.1 Å². The van der Waals surface area contributed by atoms with Crippen LogP contribution in [0.1, 0.15) is 77.6 Å². The minimum Gasteiger partial charge on any atom is -0.509 e. The first-order valence-corrected chi connectivity index (χ1v) is 22.2. The van der Waals surface area contributed by atoms with E-state index in [2.05, 4.69) is 234 Å². The molecule has 9 aromatic rings. The molecule has 0 radical (unpaired) electrons. The molecule has 328 valence electrons. The Kier molecular flexibility index (Phi) is 11.4. The van der Waals surface area contributed by atoms with Crippen LogP contribution in [-0.4, -0.2) is 9.55 Å². The number of nitrogens with zero attached hydrogens (tertiary/aromatic N) is 4. The summed E-state index contributed by atoms with van der Waals surface area (Å²) in [6.07, 6.45) is 1.92. The molecule has 65 heavy (non-hydrogen) atoms. The van der Waals surface area contributed by atoms with Crippen molar-refractivity contribution < 1.29 is 25.8 Å². The summed E-state index contributed by atoms with van der Waals surface area (Å²) >= 11 is 0. The quantitative estimate of drug-likeness (QED) is 0.142. The number of pyridine rings is 1. The van der Waals surface area contributed by atoms with Crippen molar-refractivity contribution >= 4 is 44.6 Å². The Balaban J connectivity index is 0.00000533. The second-order valence-electron chi connectivity index (χ2n) is 19.5. The normalized spacial score (nSPS) is 13.0. The molecule has 0 amide bonds. The van der Waals surface area contributed by atoms with Crippen LogP contribution in [0.2, 0.25) is 0 Å². The monoisotopic (exact) mass is 1030 g/mol. The van der Waals surface area contributed by atoms with Crippen molar-refractivity contribution in [1.29, 1.82) is 0 Å². The second-order valence-corrected chi connectivity index (χ2v) is 19.5. The maximum atomic E-state index is 6.71.